The molecule has 0 unspecified atom stereocenters. The van der Waals surface area contributed by atoms with Gasteiger partial charge >= 0.3 is 5.69 Å². The third-order valence-corrected chi connectivity index (χ3v) is 5.51. The van der Waals surface area contributed by atoms with Crippen molar-refractivity contribution in [3.05, 3.63) is 27.2 Å². The maximum absolute atomic E-state index is 13.0. The molecule has 24 heavy (non-hydrogen) atoms. The number of aliphatic hydroxyl groups is 1. The van der Waals surface area contributed by atoms with Crippen molar-refractivity contribution in [2.75, 3.05) is 0 Å². The summed E-state index contributed by atoms with van der Waals surface area (Å²) in [5, 5.41) is 9.64. The van der Waals surface area contributed by atoms with Crippen molar-refractivity contribution in [1.82, 2.24) is 18.7 Å². The predicted molar refractivity (Wildman–Crippen MR) is 89.9 cm³/mol. The van der Waals surface area contributed by atoms with Crippen LogP contribution in [0.15, 0.2) is 15.9 Å². The zero-order valence-corrected chi connectivity index (χ0v) is 14.0. The molecule has 1 N–H and O–H groups in total. The average molecular weight is 332 g/mol. The zero-order chi connectivity index (χ0) is 16.8. The minimum Gasteiger partial charge on any atom is -0.393 e. The first kappa shape index (κ1) is 15.6. The van der Waals surface area contributed by atoms with Crippen molar-refractivity contribution in [2.45, 2.75) is 57.7 Å². The highest BCUT2D eigenvalue weighted by molar-refractivity contribution is 5.69. The van der Waals surface area contributed by atoms with Gasteiger partial charge in [-0.3, -0.25) is 13.9 Å². The highest BCUT2D eigenvalue weighted by Gasteiger charge is 2.26. The fourth-order valence-corrected chi connectivity index (χ4v) is 3.79. The molecular weight excluding hydrogens is 308 g/mol. The number of imidazole rings is 1. The molecule has 2 aromatic rings. The van der Waals surface area contributed by atoms with Gasteiger partial charge in [-0.2, -0.15) is 0 Å². The lowest BCUT2D eigenvalue weighted by molar-refractivity contribution is 0.103. The number of hydrogen-bond donors (Lipinski definition) is 1. The van der Waals surface area contributed by atoms with Crippen LogP contribution in [0.25, 0.3) is 11.2 Å². The Hall–Kier alpha value is -1.89. The molecule has 7 nitrogen and oxygen atoms in total. The molecule has 0 bridgehead atoms. The van der Waals surface area contributed by atoms with Crippen LogP contribution in [0.4, 0.5) is 0 Å². The van der Waals surface area contributed by atoms with E-state index in [1.807, 2.05) is 4.57 Å². The summed E-state index contributed by atoms with van der Waals surface area (Å²) in [4.78, 5) is 29.9. The first-order valence-electron chi connectivity index (χ1n) is 8.87. The first-order valence-corrected chi connectivity index (χ1v) is 8.87. The Labute approximate surface area is 139 Å². The molecule has 2 heterocycles. The molecule has 2 aliphatic carbocycles. The van der Waals surface area contributed by atoms with Crippen molar-refractivity contribution in [2.24, 2.45) is 18.9 Å². The van der Waals surface area contributed by atoms with E-state index >= 15 is 0 Å². The second-order valence-corrected chi connectivity index (χ2v) is 7.44. The van der Waals surface area contributed by atoms with Gasteiger partial charge in [-0.15, -0.1) is 0 Å². The highest BCUT2D eigenvalue weighted by Crippen LogP contribution is 2.31. The lowest BCUT2D eigenvalue weighted by atomic mass is 9.87. The maximum Gasteiger partial charge on any atom is 0.332 e. The van der Waals surface area contributed by atoms with Crippen LogP contribution in [0.5, 0.6) is 0 Å². The highest BCUT2D eigenvalue weighted by atomic mass is 16.3. The third-order valence-electron chi connectivity index (χ3n) is 5.51. The van der Waals surface area contributed by atoms with Crippen LogP contribution >= 0.6 is 0 Å². The predicted octanol–water partition coefficient (Wildman–Crippen LogP) is 0.858. The average Bonchev–Trinajstić information content (AvgIpc) is 3.28. The molecule has 0 saturated heterocycles. The van der Waals surface area contributed by atoms with Crippen LogP contribution < -0.4 is 11.2 Å². The number of aromatic nitrogens is 4. The van der Waals surface area contributed by atoms with Crippen LogP contribution in [0.1, 0.15) is 38.5 Å². The van der Waals surface area contributed by atoms with Gasteiger partial charge in [0.1, 0.15) is 0 Å². The van der Waals surface area contributed by atoms with E-state index in [4.69, 9.17) is 0 Å². The molecule has 0 aromatic carbocycles. The summed E-state index contributed by atoms with van der Waals surface area (Å²) in [5.41, 5.74) is 0.494. The normalized spacial score (nSPS) is 24.6. The standard InChI is InChI=1S/C17H24N4O3/c1-19-15-14(20(10-18-15)8-11-2-3-11)16(23)21(17(19)24)9-12-4-6-13(22)7-5-12/h10-13,22H,2-9H2,1H3. The van der Waals surface area contributed by atoms with Crippen LogP contribution in [0.2, 0.25) is 0 Å². The molecule has 2 aliphatic rings. The first-order chi connectivity index (χ1) is 11.5. The number of nitrogens with zero attached hydrogens (tertiary/aromatic N) is 4. The summed E-state index contributed by atoms with van der Waals surface area (Å²) in [6, 6.07) is 0. The minimum atomic E-state index is -0.296. The van der Waals surface area contributed by atoms with E-state index in [9.17, 15) is 14.7 Å². The van der Waals surface area contributed by atoms with Crippen molar-refractivity contribution in [3.8, 4) is 0 Å². The Morgan fingerprint density at radius 3 is 2.38 bits per heavy atom. The van der Waals surface area contributed by atoms with E-state index < -0.39 is 0 Å². The van der Waals surface area contributed by atoms with Crippen molar-refractivity contribution in [1.29, 1.82) is 0 Å². The zero-order valence-electron chi connectivity index (χ0n) is 14.0. The molecule has 0 aliphatic heterocycles. The molecule has 0 spiro atoms. The van der Waals surface area contributed by atoms with Crippen molar-refractivity contribution < 1.29 is 5.11 Å². The molecule has 4 rings (SSSR count). The largest absolute Gasteiger partial charge is 0.393 e. The van der Waals surface area contributed by atoms with Gasteiger partial charge in [-0.1, -0.05) is 0 Å². The van der Waals surface area contributed by atoms with E-state index in [2.05, 4.69) is 4.98 Å². The maximum atomic E-state index is 13.0. The molecule has 2 saturated carbocycles. The molecule has 7 heteroatoms. The summed E-state index contributed by atoms with van der Waals surface area (Å²) in [5.74, 6) is 0.906. The Morgan fingerprint density at radius 2 is 1.71 bits per heavy atom. The van der Waals surface area contributed by atoms with Crippen LogP contribution in [-0.2, 0) is 20.1 Å². The van der Waals surface area contributed by atoms with Gasteiger partial charge in [-0.25, -0.2) is 9.78 Å². The lowest BCUT2D eigenvalue weighted by Gasteiger charge is -2.25. The van der Waals surface area contributed by atoms with Gasteiger partial charge < -0.3 is 9.67 Å². The van der Waals surface area contributed by atoms with Gasteiger partial charge in [-0.05, 0) is 50.4 Å². The SMILES string of the molecule is Cn1c(=O)n(CC2CCC(O)CC2)c(=O)c2c1ncn2CC1CC1. The topological polar surface area (TPSA) is 82.0 Å². The lowest BCUT2D eigenvalue weighted by Crippen LogP contribution is -2.41. The Balaban J connectivity index is 1.74. The Bertz CT molecular complexity index is 866. The second-order valence-electron chi connectivity index (χ2n) is 7.44. The van der Waals surface area contributed by atoms with Crippen LogP contribution in [-0.4, -0.2) is 29.9 Å². The fraction of sp³-hybridized carbons (Fsp3) is 0.706. The molecule has 130 valence electrons. The number of aliphatic hydroxyl groups excluding tert-OH is 1. The summed E-state index contributed by atoms with van der Waals surface area (Å²) in [7, 11) is 1.68. The molecule has 0 atom stereocenters. The third kappa shape index (κ3) is 2.70. The summed E-state index contributed by atoms with van der Waals surface area (Å²) >= 11 is 0. The van der Waals surface area contributed by atoms with E-state index in [0.29, 0.717) is 23.6 Å². The number of fused-ring (bicyclic) bond motifs is 1. The minimum absolute atomic E-state index is 0.225. The van der Waals surface area contributed by atoms with E-state index in [-0.39, 0.29) is 23.3 Å². The van der Waals surface area contributed by atoms with Crippen molar-refractivity contribution >= 4 is 11.2 Å². The summed E-state index contributed by atoms with van der Waals surface area (Å²) in [6.07, 6.45) is 7.07. The van der Waals surface area contributed by atoms with E-state index in [1.54, 1.807) is 13.4 Å². The quantitative estimate of drug-likeness (QED) is 0.900. The van der Waals surface area contributed by atoms with Gasteiger partial charge in [0.25, 0.3) is 5.56 Å². The smallest absolute Gasteiger partial charge is 0.332 e. The Morgan fingerprint density at radius 1 is 1.08 bits per heavy atom. The van der Waals surface area contributed by atoms with E-state index in [1.165, 1.54) is 22.0 Å². The van der Waals surface area contributed by atoms with Gasteiger partial charge in [0, 0.05) is 20.1 Å². The number of aryl methyl sites for hydroxylation is 1. The van der Waals surface area contributed by atoms with Gasteiger partial charge in [0.05, 0.1) is 12.4 Å². The monoisotopic (exact) mass is 332 g/mol. The van der Waals surface area contributed by atoms with Crippen LogP contribution in [0, 0.1) is 11.8 Å². The molecule has 0 amide bonds. The second kappa shape index (κ2) is 5.88. The number of rotatable bonds is 4. The molecule has 2 fully saturated rings. The Kier molecular flexibility index (Phi) is 3.83. The molecule has 0 radical (unpaired) electrons. The van der Waals surface area contributed by atoms with Crippen molar-refractivity contribution in [3.63, 3.8) is 0 Å². The fourth-order valence-electron chi connectivity index (χ4n) is 3.79. The van der Waals surface area contributed by atoms with Crippen LogP contribution in [0.3, 0.4) is 0 Å². The van der Waals surface area contributed by atoms with Gasteiger partial charge in [0.2, 0.25) is 0 Å². The van der Waals surface area contributed by atoms with Gasteiger partial charge in [0.15, 0.2) is 11.2 Å². The summed E-state index contributed by atoms with van der Waals surface area (Å²) in [6.45, 7) is 1.24. The molecule has 2 aromatic heterocycles. The summed E-state index contributed by atoms with van der Waals surface area (Å²) < 4.78 is 4.77. The van der Waals surface area contributed by atoms with E-state index in [0.717, 1.165) is 32.2 Å². The molecular formula is C17H24N4O3. The number of hydrogen-bond acceptors (Lipinski definition) is 4.